The molecule has 1 aromatic carbocycles. The molecule has 1 heterocycles. The Kier molecular flexibility index (Phi) is 4.46. The molecule has 1 fully saturated rings. The molecule has 1 aliphatic heterocycles. The number of urea groups is 1. The lowest BCUT2D eigenvalue weighted by Gasteiger charge is -2.11. The van der Waals surface area contributed by atoms with Crippen molar-refractivity contribution in [3.05, 3.63) is 27.0 Å². The smallest absolute Gasteiger partial charge is 0.326 e. The molecule has 0 saturated carbocycles. The predicted octanol–water partition coefficient (Wildman–Crippen LogP) is 1.41. The minimum Gasteiger partial charge on any atom is -0.493 e. The number of amides is 3. The first kappa shape index (κ1) is 15.3. The maximum absolute atomic E-state index is 11.5. The molecule has 110 valence electrons. The number of nitrogens with one attached hydrogen (secondary N) is 2. The van der Waals surface area contributed by atoms with Gasteiger partial charge in [-0.15, -0.1) is 0 Å². The molecule has 2 N–H and O–H groups in total. The van der Waals surface area contributed by atoms with Crippen molar-refractivity contribution in [2.24, 2.45) is 0 Å². The normalized spacial score (nSPS) is 15.7. The van der Waals surface area contributed by atoms with Crippen LogP contribution in [0.2, 0.25) is 0 Å². The number of ether oxygens (including phenoxy) is 2. The minimum absolute atomic E-state index is 0.137. The SMILES string of the molecule is COc1cc(/C=C2/NC(=O)NC2=O)cc(I)c1OC(C)=O. The van der Waals surface area contributed by atoms with Gasteiger partial charge in [-0.05, 0) is 46.4 Å². The Morgan fingerprint density at radius 1 is 1.29 bits per heavy atom. The van der Waals surface area contributed by atoms with Gasteiger partial charge in [0.15, 0.2) is 11.5 Å². The summed E-state index contributed by atoms with van der Waals surface area (Å²) in [6.07, 6.45) is 1.50. The number of rotatable bonds is 3. The monoisotopic (exact) mass is 402 g/mol. The average molecular weight is 402 g/mol. The number of esters is 1. The van der Waals surface area contributed by atoms with Crippen molar-refractivity contribution < 1.29 is 23.9 Å². The lowest BCUT2D eigenvalue weighted by atomic mass is 10.1. The third kappa shape index (κ3) is 3.51. The summed E-state index contributed by atoms with van der Waals surface area (Å²) in [5, 5.41) is 4.50. The quantitative estimate of drug-likeness (QED) is 0.262. The van der Waals surface area contributed by atoms with Crippen LogP contribution in [0.5, 0.6) is 11.5 Å². The van der Waals surface area contributed by atoms with Gasteiger partial charge in [0.05, 0.1) is 10.7 Å². The summed E-state index contributed by atoms with van der Waals surface area (Å²) in [5.74, 6) is -0.292. The van der Waals surface area contributed by atoms with Gasteiger partial charge in [0.1, 0.15) is 5.70 Å². The summed E-state index contributed by atoms with van der Waals surface area (Å²) in [5.41, 5.74) is 0.762. The number of halogens is 1. The maximum atomic E-state index is 11.5. The van der Waals surface area contributed by atoms with E-state index in [1.54, 1.807) is 12.1 Å². The van der Waals surface area contributed by atoms with Crippen LogP contribution in [0.1, 0.15) is 12.5 Å². The highest BCUT2D eigenvalue weighted by molar-refractivity contribution is 14.1. The number of hydrogen-bond acceptors (Lipinski definition) is 5. The van der Waals surface area contributed by atoms with E-state index in [-0.39, 0.29) is 5.70 Å². The van der Waals surface area contributed by atoms with E-state index in [9.17, 15) is 14.4 Å². The zero-order chi connectivity index (χ0) is 15.6. The van der Waals surface area contributed by atoms with Crippen LogP contribution in [-0.2, 0) is 9.59 Å². The molecule has 0 aromatic heterocycles. The van der Waals surface area contributed by atoms with Crippen LogP contribution < -0.4 is 20.1 Å². The van der Waals surface area contributed by atoms with Crippen LogP contribution in [-0.4, -0.2) is 25.0 Å². The number of carbonyl (C=O) groups excluding carboxylic acids is 3. The van der Waals surface area contributed by atoms with Gasteiger partial charge in [0.2, 0.25) is 0 Å². The first-order valence-corrected chi connectivity index (χ1v) is 6.88. The van der Waals surface area contributed by atoms with Crippen molar-refractivity contribution in [2.45, 2.75) is 6.92 Å². The standard InChI is InChI=1S/C13H11IN2O5/c1-6(17)21-11-8(14)3-7(5-10(11)20-2)4-9-12(18)16-13(19)15-9/h3-5H,1-2H3,(H2,15,16,18,19)/b9-4+. The molecule has 0 radical (unpaired) electrons. The molecule has 21 heavy (non-hydrogen) atoms. The third-order valence-electron chi connectivity index (χ3n) is 2.53. The summed E-state index contributed by atoms with van der Waals surface area (Å²) in [6.45, 7) is 1.30. The van der Waals surface area contributed by atoms with Crippen molar-refractivity contribution in [2.75, 3.05) is 7.11 Å². The number of carbonyl (C=O) groups is 3. The van der Waals surface area contributed by atoms with Gasteiger partial charge in [-0.2, -0.15) is 0 Å². The number of hydrogen-bond donors (Lipinski definition) is 2. The Balaban J connectivity index is 2.41. The molecule has 3 amide bonds. The average Bonchev–Trinajstić information content (AvgIpc) is 2.70. The summed E-state index contributed by atoms with van der Waals surface area (Å²) in [7, 11) is 1.44. The molecule has 1 saturated heterocycles. The first-order chi connectivity index (χ1) is 9.90. The molecule has 0 unspecified atom stereocenters. The highest BCUT2D eigenvalue weighted by atomic mass is 127. The fourth-order valence-corrected chi connectivity index (χ4v) is 2.45. The summed E-state index contributed by atoms with van der Waals surface area (Å²) < 4.78 is 10.9. The van der Waals surface area contributed by atoms with Gasteiger partial charge >= 0.3 is 12.0 Å². The van der Waals surface area contributed by atoms with E-state index in [2.05, 4.69) is 10.6 Å². The van der Waals surface area contributed by atoms with E-state index in [4.69, 9.17) is 9.47 Å². The van der Waals surface area contributed by atoms with E-state index >= 15 is 0 Å². The third-order valence-corrected chi connectivity index (χ3v) is 3.33. The zero-order valence-corrected chi connectivity index (χ0v) is 13.3. The molecule has 8 heteroatoms. The van der Waals surface area contributed by atoms with E-state index in [1.807, 2.05) is 22.6 Å². The van der Waals surface area contributed by atoms with Crippen molar-refractivity contribution in [1.82, 2.24) is 10.6 Å². The Bertz CT molecular complexity index is 669. The second-order valence-electron chi connectivity index (χ2n) is 4.09. The van der Waals surface area contributed by atoms with E-state index in [0.29, 0.717) is 20.6 Å². The molecule has 1 aromatic rings. The lowest BCUT2D eigenvalue weighted by Crippen LogP contribution is -2.22. The summed E-state index contributed by atoms with van der Waals surface area (Å²) in [4.78, 5) is 33.6. The number of methoxy groups -OCH3 is 1. The summed E-state index contributed by atoms with van der Waals surface area (Å²) in [6, 6.07) is 2.74. The van der Waals surface area contributed by atoms with Gasteiger partial charge in [0, 0.05) is 6.92 Å². The van der Waals surface area contributed by atoms with Crippen molar-refractivity contribution >= 4 is 46.6 Å². The van der Waals surface area contributed by atoms with Crippen LogP contribution in [0.3, 0.4) is 0 Å². The first-order valence-electron chi connectivity index (χ1n) is 5.80. The van der Waals surface area contributed by atoms with Gasteiger partial charge in [-0.25, -0.2) is 4.79 Å². The molecule has 1 aliphatic rings. The topological polar surface area (TPSA) is 93.7 Å². The zero-order valence-electron chi connectivity index (χ0n) is 11.2. The van der Waals surface area contributed by atoms with Crippen molar-refractivity contribution in [3.63, 3.8) is 0 Å². The molecular weight excluding hydrogens is 391 g/mol. The Labute approximate surface area is 133 Å². The van der Waals surface area contributed by atoms with Gasteiger partial charge in [-0.3, -0.25) is 14.9 Å². The largest absolute Gasteiger partial charge is 0.493 e. The second kappa shape index (κ2) is 6.12. The molecule has 0 bridgehead atoms. The highest BCUT2D eigenvalue weighted by Crippen LogP contribution is 2.34. The fraction of sp³-hybridized carbons (Fsp3) is 0.154. The Morgan fingerprint density at radius 3 is 2.52 bits per heavy atom. The lowest BCUT2D eigenvalue weighted by molar-refractivity contribution is -0.132. The fourth-order valence-electron chi connectivity index (χ4n) is 1.71. The van der Waals surface area contributed by atoms with Crippen LogP contribution in [0, 0.1) is 3.57 Å². The van der Waals surface area contributed by atoms with Crippen molar-refractivity contribution in [1.29, 1.82) is 0 Å². The number of imide groups is 1. The summed E-state index contributed by atoms with van der Waals surface area (Å²) >= 11 is 1.99. The van der Waals surface area contributed by atoms with Crippen molar-refractivity contribution in [3.8, 4) is 11.5 Å². The van der Waals surface area contributed by atoms with Crippen LogP contribution >= 0.6 is 22.6 Å². The molecule has 0 aliphatic carbocycles. The van der Waals surface area contributed by atoms with E-state index in [0.717, 1.165) is 0 Å². The minimum atomic E-state index is -0.565. The molecule has 0 atom stereocenters. The van der Waals surface area contributed by atoms with E-state index < -0.39 is 17.9 Å². The number of benzene rings is 1. The Hall–Kier alpha value is -2.10. The van der Waals surface area contributed by atoms with Gasteiger partial charge in [0.25, 0.3) is 5.91 Å². The second-order valence-corrected chi connectivity index (χ2v) is 5.26. The molecule has 2 rings (SSSR count). The Morgan fingerprint density at radius 2 is 2.00 bits per heavy atom. The van der Waals surface area contributed by atoms with Crippen LogP contribution in [0.15, 0.2) is 17.8 Å². The predicted molar refractivity (Wildman–Crippen MR) is 81.7 cm³/mol. The van der Waals surface area contributed by atoms with Crippen LogP contribution in [0.4, 0.5) is 4.79 Å². The molecule has 7 nitrogen and oxygen atoms in total. The van der Waals surface area contributed by atoms with Gasteiger partial charge < -0.3 is 14.8 Å². The van der Waals surface area contributed by atoms with Crippen LogP contribution in [0.25, 0.3) is 6.08 Å². The maximum Gasteiger partial charge on any atom is 0.326 e. The highest BCUT2D eigenvalue weighted by Gasteiger charge is 2.23. The molecular formula is C13H11IN2O5. The van der Waals surface area contributed by atoms with Gasteiger partial charge in [-0.1, -0.05) is 0 Å². The van der Waals surface area contributed by atoms with E-state index in [1.165, 1.54) is 20.1 Å². The molecule has 0 spiro atoms.